The third-order valence-corrected chi connectivity index (χ3v) is 4.19. The lowest BCUT2D eigenvalue weighted by Gasteiger charge is -2.35. The zero-order chi connectivity index (χ0) is 11.4. The molecule has 1 nitrogen and oxygen atoms in total. The maximum atomic E-state index is 6.35. The molecule has 1 rings (SSSR count). The molecule has 0 amide bonds. The van der Waals surface area contributed by atoms with Crippen molar-refractivity contribution in [1.29, 1.82) is 0 Å². The minimum Gasteiger partial charge on any atom is -0.327 e. The minimum atomic E-state index is 0.449. The van der Waals surface area contributed by atoms with Gasteiger partial charge in [0.25, 0.3) is 0 Å². The Morgan fingerprint density at radius 3 is 2.13 bits per heavy atom. The first-order valence-corrected chi connectivity index (χ1v) is 6.78. The van der Waals surface area contributed by atoms with E-state index in [4.69, 9.17) is 5.73 Å². The van der Waals surface area contributed by atoms with Gasteiger partial charge >= 0.3 is 0 Å². The van der Waals surface area contributed by atoms with Crippen LogP contribution in [0.5, 0.6) is 0 Å². The van der Waals surface area contributed by atoms with E-state index in [1.54, 1.807) is 0 Å². The van der Waals surface area contributed by atoms with Crippen molar-refractivity contribution in [2.45, 2.75) is 65.8 Å². The largest absolute Gasteiger partial charge is 0.327 e. The Balaban J connectivity index is 2.40. The molecule has 0 aromatic rings. The summed E-state index contributed by atoms with van der Waals surface area (Å²) in [6, 6.07) is 0.449. The molecule has 15 heavy (non-hydrogen) atoms. The van der Waals surface area contributed by atoms with E-state index in [1.807, 2.05) is 0 Å². The predicted molar refractivity (Wildman–Crippen MR) is 67.7 cm³/mol. The van der Waals surface area contributed by atoms with Gasteiger partial charge in [0, 0.05) is 6.04 Å². The van der Waals surface area contributed by atoms with E-state index in [1.165, 1.54) is 32.1 Å². The minimum absolute atomic E-state index is 0.449. The fraction of sp³-hybridized carbons (Fsp3) is 1.00. The van der Waals surface area contributed by atoms with Crippen molar-refractivity contribution in [1.82, 2.24) is 0 Å². The SMILES string of the molecule is CCC(C)CC(N)C1CC(C)CC(C)C1. The first kappa shape index (κ1) is 13.0. The predicted octanol–water partition coefficient (Wildman–Crippen LogP) is 3.82. The summed E-state index contributed by atoms with van der Waals surface area (Å²) in [7, 11) is 0. The van der Waals surface area contributed by atoms with Crippen LogP contribution in [0.25, 0.3) is 0 Å². The summed E-state index contributed by atoms with van der Waals surface area (Å²) in [5.41, 5.74) is 6.35. The molecule has 0 aromatic carbocycles. The van der Waals surface area contributed by atoms with E-state index in [0.717, 1.165) is 23.7 Å². The maximum absolute atomic E-state index is 6.35. The summed E-state index contributed by atoms with van der Waals surface area (Å²) in [6.45, 7) is 9.37. The molecule has 1 heteroatoms. The molecule has 0 bridgehead atoms. The molecular formula is C14H29N. The first-order chi connectivity index (χ1) is 7.02. The third kappa shape index (κ3) is 4.14. The quantitative estimate of drug-likeness (QED) is 0.751. The summed E-state index contributed by atoms with van der Waals surface area (Å²) in [6.07, 6.45) is 6.63. The summed E-state index contributed by atoms with van der Waals surface area (Å²) in [5.74, 6) is 3.37. The van der Waals surface area contributed by atoms with E-state index >= 15 is 0 Å². The second kappa shape index (κ2) is 5.89. The van der Waals surface area contributed by atoms with E-state index in [0.29, 0.717) is 6.04 Å². The van der Waals surface area contributed by atoms with Gasteiger partial charge in [-0.25, -0.2) is 0 Å². The van der Waals surface area contributed by atoms with Crippen LogP contribution in [-0.2, 0) is 0 Å². The van der Waals surface area contributed by atoms with E-state index in [2.05, 4.69) is 27.7 Å². The number of rotatable bonds is 4. The van der Waals surface area contributed by atoms with Crippen LogP contribution in [0.15, 0.2) is 0 Å². The summed E-state index contributed by atoms with van der Waals surface area (Å²) in [5, 5.41) is 0. The van der Waals surface area contributed by atoms with Gasteiger partial charge in [0.15, 0.2) is 0 Å². The molecule has 0 heterocycles. The molecule has 0 radical (unpaired) electrons. The first-order valence-electron chi connectivity index (χ1n) is 6.78. The van der Waals surface area contributed by atoms with Crippen LogP contribution in [0, 0.1) is 23.7 Å². The van der Waals surface area contributed by atoms with Gasteiger partial charge in [0.05, 0.1) is 0 Å². The monoisotopic (exact) mass is 211 g/mol. The fourth-order valence-corrected chi connectivity index (χ4v) is 3.18. The van der Waals surface area contributed by atoms with E-state index in [9.17, 15) is 0 Å². The van der Waals surface area contributed by atoms with Crippen molar-refractivity contribution in [2.24, 2.45) is 29.4 Å². The molecule has 1 fully saturated rings. The van der Waals surface area contributed by atoms with Gasteiger partial charge in [0.1, 0.15) is 0 Å². The molecule has 4 atom stereocenters. The highest BCUT2D eigenvalue weighted by Crippen LogP contribution is 2.35. The highest BCUT2D eigenvalue weighted by Gasteiger charge is 2.28. The molecule has 90 valence electrons. The van der Waals surface area contributed by atoms with Gasteiger partial charge in [-0.3, -0.25) is 0 Å². The molecule has 0 saturated heterocycles. The number of hydrogen-bond donors (Lipinski definition) is 1. The zero-order valence-corrected chi connectivity index (χ0v) is 11.0. The standard InChI is InChI=1S/C14H29N/c1-5-10(2)9-14(15)13-7-11(3)6-12(4)8-13/h10-14H,5-9,15H2,1-4H3. The van der Waals surface area contributed by atoms with Crippen molar-refractivity contribution in [3.63, 3.8) is 0 Å². The Morgan fingerprint density at radius 2 is 1.67 bits per heavy atom. The van der Waals surface area contributed by atoms with Crippen molar-refractivity contribution in [3.8, 4) is 0 Å². The summed E-state index contributed by atoms with van der Waals surface area (Å²) in [4.78, 5) is 0. The van der Waals surface area contributed by atoms with Crippen LogP contribution in [0.2, 0.25) is 0 Å². The normalized spacial score (nSPS) is 36.2. The van der Waals surface area contributed by atoms with Crippen molar-refractivity contribution < 1.29 is 0 Å². The topological polar surface area (TPSA) is 26.0 Å². The van der Waals surface area contributed by atoms with E-state index in [-0.39, 0.29) is 0 Å². The van der Waals surface area contributed by atoms with Crippen molar-refractivity contribution >= 4 is 0 Å². The van der Waals surface area contributed by atoms with Gasteiger partial charge < -0.3 is 5.73 Å². The highest BCUT2D eigenvalue weighted by molar-refractivity contribution is 4.82. The van der Waals surface area contributed by atoms with Crippen LogP contribution in [0.4, 0.5) is 0 Å². The second-order valence-electron chi connectivity index (χ2n) is 6.09. The lowest BCUT2D eigenvalue weighted by Crippen LogP contribution is -2.36. The molecule has 2 N–H and O–H groups in total. The zero-order valence-electron chi connectivity index (χ0n) is 11.0. The average Bonchev–Trinajstić information content (AvgIpc) is 2.16. The van der Waals surface area contributed by atoms with Gasteiger partial charge in [0.2, 0.25) is 0 Å². The Kier molecular flexibility index (Phi) is 5.11. The fourth-order valence-electron chi connectivity index (χ4n) is 3.18. The third-order valence-electron chi connectivity index (χ3n) is 4.19. The lowest BCUT2D eigenvalue weighted by atomic mass is 9.72. The Hall–Kier alpha value is -0.0400. The lowest BCUT2D eigenvalue weighted by molar-refractivity contribution is 0.180. The number of nitrogens with two attached hydrogens (primary N) is 1. The van der Waals surface area contributed by atoms with Gasteiger partial charge in [-0.2, -0.15) is 0 Å². The number of hydrogen-bond acceptors (Lipinski definition) is 1. The molecule has 1 saturated carbocycles. The molecule has 0 aromatic heterocycles. The molecule has 1 aliphatic carbocycles. The van der Waals surface area contributed by atoms with Gasteiger partial charge in [-0.05, 0) is 49.4 Å². The van der Waals surface area contributed by atoms with Gasteiger partial charge in [-0.1, -0.05) is 34.1 Å². The van der Waals surface area contributed by atoms with Crippen LogP contribution in [-0.4, -0.2) is 6.04 Å². The summed E-state index contributed by atoms with van der Waals surface area (Å²) < 4.78 is 0. The molecule has 0 spiro atoms. The van der Waals surface area contributed by atoms with Gasteiger partial charge in [-0.15, -0.1) is 0 Å². The van der Waals surface area contributed by atoms with Crippen molar-refractivity contribution in [2.75, 3.05) is 0 Å². The molecule has 4 unspecified atom stereocenters. The highest BCUT2D eigenvalue weighted by atomic mass is 14.7. The smallest absolute Gasteiger partial charge is 0.00698 e. The molecule has 0 aliphatic heterocycles. The molecule has 1 aliphatic rings. The Morgan fingerprint density at radius 1 is 1.13 bits per heavy atom. The van der Waals surface area contributed by atoms with Crippen molar-refractivity contribution in [3.05, 3.63) is 0 Å². The summed E-state index contributed by atoms with van der Waals surface area (Å²) >= 11 is 0. The van der Waals surface area contributed by atoms with Crippen LogP contribution in [0.3, 0.4) is 0 Å². The Bertz CT molecular complexity index is 168. The Labute approximate surface area is 95.8 Å². The van der Waals surface area contributed by atoms with Crippen LogP contribution < -0.4 is 5.73 Å². The molecular weight excluding hydrogens is 182 g/mol. The maximum Gasteiger partial charge on any atom is 0.00698 e. The second-order valence-corrected chi connectivity index (χ2v) is 6.09. The van der Waals surface area contributed by atoms with Crippen LogP contribution >= 0.6 is 0 Å². The van der Waals surface area contributed by atoms with E-state index < -0.39 is 0 Å². The van der Waals surface area contributed by atoms with Crippen LogP contribution in [0.1, 0.15) is 59.8 Å². The average molecular weight is 211 g/mol.